The summed E-state index contributed by atoms with van der Waals surface area (Å²) < 4.78 is 14.8. The van der Waals surface area contributed by atoms with Crippen molar-refractivity contribution >= 4 is 11.7 Å². The standard InChI is InChI=1S/C14H23N3OS/c1-10(2)5-8-18-14-13(15-19-16-14)12-9-17-6-3-11(12)4-7-17/h10-12H,3-9H2,1-2H3. The van der Waals surface area contributed by atoms with Crippen LogP contribution in [0.2, 0.25) is 0 Å². The second kappa shape index (κ2) is 5.75. The van der Waals surface area contributed by atoms with E-state index < -0.39 is 0 Å². The Hall–Kier alpha value is -0.680. The van der Waals surface area contributed by atoms with E-state index in [9.17, 15) is 0 Å². The normalized spacial score (nSPS) is 29.9. The minimum absolute atomic E-state index is 0.551. The number of fused-ring (bicyclic) bond motifs is 3. The number of piperidine rings is 3. The maximum absolute atomic E-state index is 5.87. The average molecular weight is 281 g/mol. The van der Waals surface area contributed by atoms with Crippen LogP contribution in [0.5, 0.6) is 5.88 Å². The highest BCUT2D eigenvalue weighted by Crippen LogP contribution is 2.41. The van der Waals surface area contributed by atoms with Crippen LogP contribution in [0.4, 0.5) is 0 Å². The van der Waals surface area contributed by atoms with Gasteiger partial charge >= 0.3 is 0 Å². The van der Waals surface area contributed by atoms with Gasteiger partial charge in [-0.25, -0.2) is 0 Å². The molecule has 1 aromatic rings. The molecule has 3 fully saturated rings. The molecule has 0 N–H and O–H groups in total. The van der Waals surface area contributed by atoms with Crippen LogP contribution < -0.4 is 4.74 Å². The Bertz CT molecular complexity index is 413. The van der Waals surface area contributed by atoms with Crippen molar-refractivity contribution in [3.05, 3.63) is 5.69 Å². The van der Waals surface area contributed by atoms with Crippen molar-refractivity contribution in [1.82, 2.24) is 13.6 Å². The highest BCUT2D eigenvalue weighted by atomic mass is 32.1. The first-order valence-electron chi connectivity index (χ1n) is 7.41. The van der Waals surface area contributed by atoms with Gasteiger partial charge in [-0.05, 0) is 44.2 Å². The number of ether oxygens (including phenoxy) is 1. The van der Waals surface area contributed by atoms with Gasteiger partial charge < -0.3 is 9.64 Å². The van der Waals surface area contributed by atoms with Gasteiger partial charge in [0.2, 0.25) is 5.88 Å². The van der Waals surface area contributed by atoms with Gasteiger partial charge in [0.1, 0.15) is 5.69 Å². The third kappa shape index (κ3) is 2.92. The molecule has 3 aliphatic rings. The summed E-state index contributed by atoms with van der Waals surface area (Å²) >= 11 is 1.30. The fourth-order valence-corrected chi connectivity index (χ4v) is 3.74. The summed E-state index contributed by atoms with van der Waals surface area (Å²) in [5.41, 5.74) is 1.13. The van der Waals surface area contributed by atoms with Crippen molar-refractivity contribution in [3.8, 4) is 5.88 Å². The van der Waals surface area contributed by atoms with E-state index in [1.54, 1.807) is 0 Å². The van der Waals surface area contributed by atoms with Gasteiger partial charge in [0.25, 0.3) is 0 Å². The number of aromatic nitrogens is 2. The lowest BCUT2D eigenvalue weighted by Crippen LogP contribution is -2.46. The van der Waals surface area contributed by atoms with Crippen LogP contribution in [0.1, 0.15) is 44.7 Å². The molecule has 1 aromatic heterocycles. The quantitative estimate of drug-likeness (QED) is 0.832. The zero-order valence-electron chi connectivity index (χ0n) is 11.8. The number of hydrogen-bond acceptors (Lipinski definition) is 5. The monoisotopic (exact) mass is 281 g/mol. The number of hydrogen-bond donors (Lipinski definition) is 0. The van der Waals surface area contributed by atoms with Gasteiger partial charge in [0.15, 0.2) is 0 Å². The Morgan fingerprint density at radius 3 is 2.74 bits per heavy atom. The fraction of sp³-hybridized carbons (Fsp3) is 0.857. The summed E-state index contributed by atoms with van der Waals surface area (Å²) in [6.45, 7) is 8.88. The Labute approximate surface area is 119 Å². The molecule has 3 saturated heterocycles. The average Bonchev–Trinajstić information content (AvgIpc) is 2.88. The van der Waals surface area contributed by atoms with Crippen LogP contribution in [0.3, 0.4) is 0 Å². The number of rotatable bonds is 5. The highest BCUT2D eigenvalue weighted by molar-refractivity contribution is 6.99. The third-order valence-electron chi connectivity index (χ3n) is 4.42. The Balaban J connectivity index is 1.66. The molecule has 4 rings (SSSR count). The van der Waals surface area contributed by atoms with E-state index in [4.69, 9.17) is 4.74 Å². The largest absolute Gasteiger partial charge is 0.476 e. The lowest BCUT2D eigenvalue weighted by atomic mass is 9.77. The predicted octanol–water partition coefficient (Wildman–Crippen LogP) is 2.77. The molecule has 19 heavy (non-hydrogen) atoms. The summed E-state index contributed by atoms with van der Waals surface area (Å²) in [5, 5.41) is 0. The molecule has 0 aromatic carbocycles. The topological polar surface area (TPSA) is 38.3 Å². The van der Waals surface area contributed by atoms with Gasteiger partial charge in [-0.1, -0.05) is 13.8 Å². The highest BCUT2D eigenvalue weighted by Gasteiger charge is 2.38. The second-order valence-corrected chi connectivity index (χ2v) is 6.76. The molecule has 106 valence electrons. The zero-order chi connectivity index (χ0) is 13.2. The van der Waals surface area contributed by atoms with Gasteiger partial charge in [-0.2, -0.15) is 4.37 Å². The van der Waals surface area contributed by atoms with Crippen molar-refractivity contribution in [2.45, 2.75) is 39.0 Å². The molecule has 0 aliphatic carbocycles. The maximum Gasteiger partial charge on any atom is 0.249 e. The zero-order valence-corrected chi connectivity index (χ0v) is 12.7. The molecule has 5 heteroatoms. The van der Waals surface area contributed by atoms with E-state index in [1.807, 2.05) is 0 Å². The molecular weight excluding hydrogens is 258 g/mol. The molecule has 0 radical (unpaired) electrons. The van der Waals surface area contributed by atoms with E-state index in [0.717, 1.165) is 37.1 Å². The van der Waals surface area contributed by atoms with E-state index in [-0.39, 0.29) is 0 Å². The molecule has 3 aliphatic heterocycles. The van der Waals surface area contributed by atoms with E-state index in [2.05, 4.69) is 27.5 Å². The van der Waals surface area contributed by atoms with E-state index in [1.165, 1.54) is 37.7 Å². The first kappa shape index (κ1) is 13.3. The van der Waals surface area contributed by atoms with E-state index >= 15 is 0 Å². The first-order chi connectivity index (χ1) is 9.24. The summed E-state index contributed by atoms with van der Waals surface area (Å²) in [7, 11) is 0. The summed E-state index contributed by atoms with van der Waals surface area (Å²) in [5.74, 6) is 2.83. The van der Waals surface area contributed by atoms with Crippen molar-refractivity contribution in [3.63, 3.8) is 0 Å². The molecule has 4 nitrogen and oxygen atoms in total. The van der Waals surface area contributed by atoms with Gasteiger partial charge in [-0.15, -0.1) is 4.37 Å². The number of nitrogens with zero attached hydrogens (tertiary/aromatic N) is 3. The predicted molar refractivity (Wildman–Crippen MR) is 76.8 cm³/mol. The minimum atomic E-state index is 0.551. The molecule has 1 atom stereocenters. The van der Waals surface area contributed by atoms with Crippen LogP contribution in [-0.4, -0.2) is 39.9 Å². The van der Waals surface area contributed by atoms with Crippen LogP contribution in [0, 0.1) is 11.8 Å². The lowest BCUT2D eigenvalue weighted by Gasteiger charge is -2.44. The Kier molecular flexibility index (Phi) is 4.03. The molecule has 0 amide bonds. The van der Waals surface area contributed by atoms with Gasteiger partial charge in [0.05, 0.1) is 18.3 Å². The van der Waals surface area contributed by atoms with Gasteiger partial charge in [-0.3, -0.25) is 0 Å². The van der Waals surface area contributed by atoms with Crippen LogP contribution in [0.15, 0.2) is 0 Å². The Morgan fingerprint density at radius 1 is 1.32 bits per heavy atom. The minimum Gasteiger partial charge on any atom is -0.476 e. The molecule has 4 heterocycles. The fourth-order valence-electron chi connectivity index (χ4n) is 3.18. The van der Waals surface area contributed by atoms with Crippen molar-refractivity contribution in [1.29, 1.82) is 0 Å². The van der Waals surface area contributed by atoms with Gasteiger partial charge in [0, 0.05) is 12.5 Å². The van der Waals surface area contributed by atoms with E-state index in [0.29, 0.717) is 11.8 Å². The SMILES string of the molecule is CC(C)CCOc1nsnc1C1CN2CCC1CC2. The van der Waals surface area contributed by atoms with Crippen molar-refractivity contribution in [2.75, 3.05) is 26.2 Å². The summed E-state index contributed by atoms with van der Waals surface area (Å²) in [4.78, 5) is 2.56. The first-order valence-corrected chi connectivity index (χ1v) is 8.14. The summed E-state index contributed by atoms with van der Waals surface area (Å²) in [6.07, 6.45) is 3.71. The van der Waals surface area contributed by atoms with Crippen LogP contribution >= 0.6 is 11.7 Å². The smallest absolute Gasteiger partial charge is 0.249 e. The molecular formula is C14H23N3OS. The molecule has 2 bridgehead atoms. The lowest BCUT2D eigenvalue weighted by molar-refractivity contribution is 0.0840. The van der Waals surface area contributed by atoms with Crippen LogP contribution in [0.25, 0.3) is 0 Å². The third-order valence-corrected chi connectivity index (χ3v) is 4.95. The van der Waals surface area contributed by atoms with Crippen molar-refractivity contribution in [2.24, 2.45) is 11.8 Å². The van der Waals surface area contributed by atoms with Crippen LogP contribution in [-0.2, 0) is 0 Å². The molecule has 1 unspecified atom stereocenters. The summed E-state index contributed by atoms with van der Waals surface area (Å²) in [6, 6.07) is 0. The van der Waals surface area contributed by atoms with Crippen molar-refractivity contribution < 1.29 is 4.74 Å². The second-order valence-electron chi connectivity index (χ2n) is 6.23. The maximum atomic E-state index is 5.87. The Morgan fingerprint density at radius 2 is 2.11 bits per heavy atom. The molecule has 0 saturated carbocycles. The molecule has 0 spiro atoms.